The van der Waals surface area contributed by atoms with Crippen LogP contribution in [0.5, 0.6) is 0 Å². The van der Waals surface area contributed by atoms with E-state index in [0.29, 0.717) is 0 Å². The second-order valence-electron chi connectivity index (χ2n) is 2.95. The summed E-state index contributed by atoms with van der Waals surface area (Å²) < 4.78 is 1.97. The van der Waals surface area contributed by atoms with Crippen molar-refractivity contribution in [3.05, 3.63) is 29.0 Å². The zero-order valence-electron chi connectivity index (χ0n) is 7.00. The number of hydrogen-bond donors (Lipinski definition) is 0. The lowest BCUT2D eigenvalue weighted by Gasteiger charge is -1.97. The molecular weight excluding hydrogens is 172 g/mol. The molecule has 2 nitrogen and oxygen atoms in total. The van der Waals surface area contributed by atoms with Crippen molar-refractivity contribution in [2.45, 2.75) is 6.92 Å². The first-order valence-corrected chi connectivity index (χ1v) is 4.13. The number of halogens is 1. The molecule has 3 heteroatoms. The van der Waals surface area contributed by atoms with Gasteiger partial charge in [-0.05, 0) is 24.6 Å². The first-order chi connectivity index (χ1) is 5.68. The predicted molar refractivity (Wildman–Crippen MR) is 50.5 cm³/mol. The highest BCUT2D eigenvalue weighted by molar-refractivity contribution is 6.31. The quantitative estimate of drug-likeness (QED) is 0.609. The molecule has 0 N–H and O–H groups in total. The Balaban J connectivity index is 2.92. The maximum atomic E-state index is 5.91. The molecule has 0 amide bonds. The van der Waals surface area contributed by atoms with Gasteiger partial charge in [-0.25, -0.2) is 4.98 Å². The number of aromatic nitrogens is 2. The Morgan fingerprint density at radius 3 is 2.92 bits per heavy atom. The molecule has 0 unspecified atom stereocenters. The fraction of sp³-hybridized carbons (Fsp3) is 0.222. The number of imidazole rings is 1. The van der Waals surface area contributed by atoms with Crippen LogP contribution in [-0.4, -0.2) is 9.55 Å². The maximum absolute atomic E-state index is 5.91. The number of fused-ring (bicyclic) bond motifs is 1. The van der Waals surface area contributed by atoms with E-state index in [1.165, 1.54) is 0 Å². The number of hydrogen-bond acceptors (Lipinski definition) is 1. The van der Waals surface area contributed by atoms with Crippen molar-refractivity contribution >= 4 is 22.6 Å². The summed E-state index contributed by atoms with van der Waals surface area (Å²) in [6.45, 7) is 2.02. The van der Waals surface area contributed by atoms with Crippen molar-refractivity contribution in [2.24, 2.45) is 7.05 Å². The summed E-state index contributed by atoms with van der Waals surface area (Å²) in [7, 11) is 1.96. The predicted octanol–water partition coefficient (Wildman–Crippen LogP) is 2.54. The topological polar surface area (TPSA) is 17.8 Å². The lowest BCUT2D eigenvalue weighted by Crippen LogP contribution is -1.84. The summed E-state index contributed by atoms with van der Waals surface area (Å²) >= 11 is 5.91. The Morgan fingerprint density at radius 2 is 2.17 bits per heavy atom. The SMILES string of the molecule is Cc1cc(Cl)cc2c1ncn2C. The summed E-state index contributed by atoms with van der Waals surface area (Å²) in [6.07, 6.45) is 1.80. The van der Waals surface area contributed by atoms with E-state index in [2.05, 4.69) is 4.98 Å². The van der Waals surface area contributed by atoms with E-state index in [0.717, 1.165) is 21.6 Å². The fourth-order valence-electron chi connectivity index (χ4n) is 1.36. The third-order valence-electron chi connectivity index (χ3n) is 1.99. The zero-order chi connectivity index (χ0) is 8.72. The van der Waals surface area contributed by atoms with Crippen molar-refractivity contribution in [1.29, 1.82) is 0 Å². The summed E-state index contributed by atoms with van der Waals surface area (Å²) in [5.74, 6) is 0. The van der Waals surface area contributed by atoms with Crippen molar-refractivity contribution < 1.29 is 0 Å². The second kappa shape index (κ2) is 2.49. The molecule has 0 fully saturated rings. The van der Waals surface area contributed by atoms with Crippen LogP contribution in [0.3, 0.4) is 0 Å². The Hall–Kier alpha value is -1.02. The van der Waals surface area contributed by atoms with Crippen LogP contribution >= 0.6 is 11.6 Å². The van der Waals surface area contributed by atoms with Gasteiger partial charge in [0.15, 0.2) is 0 Å². The Kier molecular flexibility index (Phi) is 1.58. The second-order valence-corrected chi connectivity index (χ2v) is 3.38. The molecule has 1 aromatic heterocycles. The highest BCUT2D eigenvalue weighted by Gasteiger charge is 2.03. The molecule has 2 rings (SSSR count). The molecule has 0 atom stereocenters. The highest BCUT2D eigenvalue weighted by Crippen LogP contribution is 2.21. The smallest absolute Gasteiger partial charge is 0.0955 e. The molecule has 2 aromatic rings. The molecule has 1 heterocycles. The van der Waals surface area contributed by atoms with Gasteiger partial charge in [-0.2, -0.15) is 0 Å². The minimum atomic E-state index is 0.767. The van der Waals surface area contributed by atoms with Crippen LogP contribution in [0.25, 0.3) is 11.0 Å². The van der Waals surface area contributed by atoms with Gasteiger partial charge >= 0.3 is 0 Å². The largest absolute Gasteiger partial charge is 0.334 e. The molecule has 0 aliphatic rings. The van der Waals surface area contributed by atoms with Gasteiger partial charge in [-0.15, -0.1) is 0 Å². The van der Waals surface area contributed by atoms with Gasteiger partial charge < -0.3 is 4.57 Å². The lowest BCUT2D eigenvalue weighted by atomic mass is 10.2. The monoisotopic (exact) mass is 180 g/mol. The molecule has 12 heavy (non-hydrogen) atoms. The average Bonchev–Trinajstić information content (AvgIpc) is 2.33. The van der Waals surface area contributed by atoms with Crippen LogP contribution < -0.4 is 0 Å². The van der Waals surface area contributed by atoms with Crippen LogP contribution in [0, 0.1) is 6.92 Å². The summed E-state index contributed by atoms with van der Waals surface area (Å²) in [4.78, 5) is 4.26. The van der Waals surface area contributed by atoms with Gasteiger partial charge in [0.05, 0.1) is 17.4 Å². The van der Waals surface area contributed by atoms with Crippen molar-refractivity contribution in [1.82, 2.24) is 9.55 Å². The molecule has 1 aromatic carbocycles. The third kappa shape index (κ3) is 0.994. The van der Waals surface area contributed by atoms with Crippen LogP contribution in [0.15, 0.2) is 18.5 Å². The molecule has 62 valence electrons. The van der Waals surface area contributed by atoms with E-state index in [-0.39, 0.29) is 0 Å². The first kappa shape index (κ1) is 7.62. The number of rotatable bonds is 0. The standard InChI is InChI=1S/C9H9ClN2/c1-6-3-7(10)4-8-9(6)11-5-12(8)2/h3-5H,1-2H3. The van der Waals surface area contributed by atoms with Crippen molar-refractivity contribution in [3.63, 3.8) is 0 Å². The summed E-state index contributed by atoms with van der Waals surface area (Å²) in [5.41, 5.74) is 3.24. The van der Waals surface area contributed by atoms with Crippen molar-refractivity contribution in [2.75, 3.05) is 0 Å². The van der Waals surface area contributed by atoms with E-state index in [1.54, 1.807) is 6.33 Å². The molecule has 0 saturated carbocycles. The van der Waals surface area contributed by atoms with Crippen LogP contribution in [0.1, 0.15) is 5.56 Å². The number of aryl methyl sites for hydroxylation is 2. The van der Waals surface area contributed by atoms with Crippen LogP contribution in [0.2, 0.25) is 5.02 Å². The minimum absolute atomic E-state index is 0.767. The minimum Gasteiger partial charge on any atom is -0.334 e. The fourth-order valence-corrected chi connectivity index (χ4v) is 1.63. The van der Waals surface area contributed by atoms with E-state index in [1.807, 2.05) is 30.7 Å². The molecule has 0 spiro atoms. The van der Waals surface area contributed by atoms with Crippen LogP contribution in [-0.2, 0) is 7.05 Å². The highest BCUT2D eigenvalue weighted by atomic mass is 35.5. The zero-order valence-corrected chi connectivity index (χ0v) is 7.76. The number of nitrogens with zero attached hydrogens (tertiary/aromatic N) is 2. The Labute approximate surface area is 75.8 Å². The molecule has 0 radical (unpaired) electrons. The van der Waals surface area contributed by atoms with Crippen LogP contribution in [0.4, 0.5) is 0 Å². The Bertz CT molecular complexity index is 431. The average molecular weight is 181 g/mol. The molecule has 0 bridgehead atoms. The normalized spacial score (nSPS) is 10.9. The Morgan fingerprint density at radius 1 is 1.42 bits per heavy atom. The number of benzene rings is 1. The summed E-state index contributed by atoms with van der Waals surface area (Å²) in [6, 6.07) is 3.85. The van der Waals surface area contributed by atoms with Gasteiger partial charge in [0.1, 0.15) is 0 Å². The summed E-state index contributed by atoms with van der Waals surface area (Å²) in [5, 5.41) is 0.767. The van der Waals surface area contributed by atoms with E-state index in [4.69, 9.17) is 11.6 Å². The van der Waals surface area contributed by atoms with Gasteiger partial charge in [0.25, 0.3) is 0 Å². The molecule has 0 aliphatic heterocycles. The van der Waals surface area contributed by atoms with Gasteiger partial charge in [0, 0.05) is 12.1 Å². The third-order valence-corrected chi connectivity index (χ3v) is 2.20. The molecular formula is C9H9ClN2. The maximum Gasteiger partial charge on any atom is 0.0955 e. The molecule has 0 aliphatic carbocycles. The van der Waals surface area contributed by atoms with E-state index < -0.39 is 0 Å². The lowest BCUT2D eigenvalue weighted by molar-refractivity contribution is 0.948. The van der Waals surface area contributed by atoms with E-state index in [9.17, 15) is 0 Å². The van der Waals surface area contributed by atoms with Gasteiger partial charge in [-0.3, -0.25) is 0 Å². The van der Waals surface area contributed by atoms with Gasteiger partial charge in [0.2, 0.25) is 0 Å². The first-order valence-electron chi connectivity index (χ1n) is 3.75. The van der Waals surface area contributed by atoms with Crippen molar-refractivity contribution in [3.8, 4) is 0 Å². The molecule has 0 saturated heterocycles. The van der Waals surface area contributed by atoms with E-state index >= 15 is 0 Å². The van der Waals surface area contributed by atoms with Gasteiger partial charge in [-0.1, -0.05) is 11.6 Å².